The molecule has 0 aliphatic rings. The molecule has 0 heterocycles. The van der Waals surface area contributed by atoms with Crippen molar-refractivity contribution in [2.45, 2.75) is 19.8 Å². The third-order valence-corrected chi connectivity index (χ3v) is 3.69. The molecule has 0 saturated heterocycles. The number of carbonyl (C=O) groups excluding carboxylic acids is 3. The second-order valence-corrected chi connectivity index (χ2v) is 5.62. The minimum Gasteiger partial charge on any atom is -0.496 e. The molecule has 25 heavy (non-hydrogen) atoms. The molecule has 6 heteroatoms. The van der Waals surface area contributed by atoms with Gasteiger partial charge in [-0.2, -0.15) is 0 Å². The van der Waals surface area contributed by atoms with Gasteiger partial charge in [0.15, 0.2) is 5.78 Å². The van der Waals surface area contributed by atoms with E-state index in [1.807, 2.05) is 13.0 Å². The molecule has 0 saturated carbocycles. The van der Waals surface area contributed by atoms with E-state index >= 15 is 0 Å². The highest BCUT2D eigenvalue weighted by molar-refractivity contribution is 6.02. The first-order chi connectivity index (χ1) is 11.9. The van der Waals surface area contributed by atoms with E-state index in [0.717, 1.165) is 5.56 Å². The molecule has 3 N–H and O–H groups in total. The maximum Gasteiger partial charge on any atom is 0.248 e. The standard InChI is InChI=1S/C19H20N2O4/c1-12-3-9-17(25-2)15(11-12)16(22)8-10-18(23)21-14-6-4-13(5-7-14)19(20)24/h3-7,9,11H,8,10H2,1-2H3,(H2,20,24)(H,21,23). The van der Waals surface area contributed by atoms with E-state index in [1.54, 1.807) is 24.3 Å². The van der Waals surface area contributed by atoms with Gasteiger partial charge in [0.25, 0.3) is 0 Å². The van der Waals surface area contributed by atoms with Crippen molar-refractivity contribution < 1.29 is 19.1 Å². The molecular formula is C19H20N2O4. The molecule has 0 aliphatic heterocycles. The highest BCUT2D eigenvalue weighted by atomic mass is 16.5. The minimum atomic E-state index is -0.532. The Hall–Kier alpha value is -3.15. The summed E-state index contributed by atoms with van der Waals surface area (Å²) in [5.41, 5.74) is 7.48. The maximum atomic E-state index is 12.3. The number of ether oxygens (including phenoxy) is 1. The number of nitrogens with one attached hydrogen (secondary N) is 1. The first kappa shape index (κ1) is 18.2. The lowest BCUT2D eigenvalue weighted by Crippen LogP contribution is -2.14. The predicted octanol–water partition coefficient (Wildman–Crippen LogP) is 2.70. The van der Waals surface area contributed by atoms with Gasteiger partial charge in [0.05, 0.1) is 12.7 Å². The van der Waals surface area contributed by atoms with Crippen LogP contribution in [0.2, 0.25) is 0 Å². The summed E-state index contributed by atoms with van der Waals surface area (Å²) in [5, 5.41) is 2.68. The number of hydrogen-bond acceptors (Lipinski definition) is 4. The van der Waals surface area contributed by atoms with E-state index in [9.17, 15) is 14.4 Å². The van der Waals surface area contributed by atoms with Crippen LogP contribution in [0.5, 0.6) is 5.75 Å². The molecule has 0 fully saturated rings. The van der Waals surface area contributed by atoms with Crippen LogP contribution >= 0.6 is 0 Å². The van der Waals surface area contributed by atoms with Gasteiger partial charge in [0, 0.05) is 24.1 Å². The Morgan fingerprint density at radius 1 is 1.04 bits per heavy atom. The number of hydrogen-bond donors (Lipinski definition) is 2. The van der Waals surface area contributed by atoms with Crippen LogP contribution < -0.4 is 15.8 Å². The molecule has 0 aromatic heterocycles. The molecule has 2 aromatic carbocycles. The zero-order valence-corrected chi connectivity index (χ0v) is 14.2. The van der Waals surface area contributed by atoms with Crippen LogP contribution in [0.4, 0.5) is 5.69 Å². The van der Waals surface area contributed by atoms with Gasteiger partial charge in [-0.25, -0.2) is 0 Å². The Bertz CT molecular complexity index is 798. The minimum absolute atomic E-state index is 0.0491. The normalized spacial score (nSPS) is 10.2. The fourth-order valence-corrected chi connectivity index (χ4v) is 2.34. The van der Waals surface area contributed by atoms with Crippen molar-refractivity contribution in [1.29, 1.82) is 0 Å². The molecule has 0 spiro atoms. The number of carbonyl (C=O) groups is 3. The molecule has 0 aliphatic carbocycles. The van der Waals surface area contributed by atoms with Crippen LogP contribution in [0, 0.1) is 6.92 Å². The average Bonchev–Trinajstić information content (AvgIpc) is 2.60. The van der Waals surface area contributed by atoms with Crippen molar-refractivity contribution in [3.05, 3.63) is 59.2 Å². The van der Waals surface area contributed by atoms with E-state index in [-0.39, 0.29) is 24.5 Å². The van der Waals surface area contributed by atoms with Crippen LogP contribution in [0.3, 0.4) is 0 Å². The third kappa shape index (κ3) is 4.91. The van der Waals surface area contributed by atoms with Gasteiger partial charge in [0.2, 0.25) is 11.8 Å². The zero-order valence-electron chi connectivity index (χ0n) is 14.2. The van der Waals surface area contributed by atoms with Crippen molar-refractivity contribution >= 4 is 23.3 Å². The van der Waals surface area contributed by atoms with Gasteiger partial charge in [-0.05, 0) is 43.3 Å². The summed E-state index contributed by atoms with van der Waals surface area (Å²) in [6, 6.07) is 11.6. The van der Waals surface area contributed by atoms with Gasteiger partial charge in [0.1, 0.15) is 5.75 Å². The highest BCUT2D eigenvalue weighted by Crippen LogP contribution is 2.22. The number of primary amides is 1. The molecule has 2 amide bonds. The number of ketones is 1. The summed E-state index contributed by atoms with van der Waals surface area (Å²) in [6.07, 6.45) is 0.124. The molecule has 130 valence electrons. The first-order valence-electron chi connectivity index (χ1n) is 7.78. The Morgan fingerprint density at radius 3 is 2.32 bits per heavy atom. The van der Waals surface area contributed by atoms with Crippen molar-refractivity contribution in [1.82, 2.24) is 0 Å². The quantitative estimate of drug-likeness (QED) is 0.757. The van der Waals surface area contributed by atoms with Gasteiger partial charge in [-0.3, -0.25) is 14.4 Å². The summed E-state index contributed by atoms with van der Waals surface area (Å²) in [4.78, 5) is 35.4. The Morgan fingerprint density at radius 2 is 1.72 bits per heavy atom. The van der Waals surface area contributed by atoms with E-state index in [0.29, 0.717) is 22.6 Å². The molecular weight excluding hydrogens is 320 g/mol. The molecule has 0 radical (unpaired) electrons. The predicted molar refractivity (Wildman–Crippen MR) is 94.9 cm³/mol. The number of rotatable bonds is 7. The zero-order chi connectivity index (χ0) is 18.4. The second kappa shape index (κ2) is 8.10. The van der Waals surface area contributed by atoms with Gasteiger partial charge >= 0.3 is 0 Å². The largest absolute Gasteiger partial charge is 0.496 e. The highest BCUT2D eigenvalue weighted by Gasteiger charge is 2.14. The molecule has 0 unspecified atom stereocenters. The monoisotopic (exact) mass is 340 g/mol. The van der Waals surface area contributed by atoms with E-state index in [4.69, 9.17) is 10.5 Å². The Balaban J connectivity index is 1.94. The van der Waals surface area contributed by atoms with E-state index in [2.05, 4.69) is 5.32 Å². The van der Waals surface area contributed by atoms with Crippen LogP contribution in [0.15, 0.2) is 42.5 Å². The number of nitrogens with two attached hydrogens (primary N) is 1. The number of aryl methyl sites for hydroxylation is 1. The molecule has 2 rings (SSSR count). The molecule has 0 bridgehead atoms. The van der Waals surface area contributed by atoms with Gasteiger partial charge in [-0.1, -0.05) is 11.6 Å². The lowest BCUT2D eigenvalue weighted by Gasteiger charge is -2.09. The second-order valence-electron chi connectivity index (χ2n) is 5.62. The number of anilines is 1. The first-order valence-corrected chi connectivity index (χ1v) is 7.78. The number of Topliss-reactive ketones (excluding diaryl/α,β-unsaturated/α-hetero) is 1. The average molecular weight is 340 g/mol. The third-order valence-electron chi connectivity index (χ3n) is 3.69. The summed E-state index contributed by atoms with van der Waals surface area (Å²) < 4.78 is 5.20. The van der Waals surface area contributed by atoms with Crippen LogP contribution in [-0.2, 0) is 4.79 Å². The lowest BCUT2D eigenvalue weighted by atomic mass is 10.0. The fourth-order valence-electron chi connectivity index (χ4n) is 2.34. The van der Waals surface area contributed by atoms with Crippen LogP contribution in [0.25, 0.3) is 0 Å². The number of benzene rings is 2. The molecule has 0 atom stereocenters. The topological polar surface area (TPSA) is 98.5 Å². The summed E-state index contributed by atoms with van der Waals surface area (Å²) in [6.45, 7) is 1.89. The van der Waals surface area contributed by atoms with E-state index < -0.39 is 5.91 Å². The SMILES string of the molecule is COc1ccc(C)cc1C(=O)CCC(=O)Nc1ccc(C(N)=O)cc1. The smallest absolute Gasteiger partial charge is 0.248 e. The van der Waals surface area contributed by atoms with Crippen LogP contribution in [-0.4, -0.2) is 24.7 Å². The summed E-state index contributed by atoms with van der Waals surface area (Å²) >= 11 is 0. The van der Waals surface area contributed by atoms with Crippen LogP contribution in [0.1, 0.15) is 39.1 Å². The summed E-state index contributed by atoms with van der Waals surface area (Å²) in [7, 11) is 1.50. The maximum absolute atomic E-state index is 12.3. The van der Waals surface area contributed by atoms with Crippen molar-refractivity contribution in [2.24, 2.45) is 5.73 Å². The van der Waals surface area contributed by atoms with Crippen molar-refractivity contribution in [3.8, 4) is 5.75 Å². The number of methoxy groups -OCH3 is 1. The Kier molecular flexibility index (Phi) is 5.89. The van der Waals surface area contributed by atoms with Gasteiger partial charge < -0.3 is 15.8 Å². The summed E-state index contributed by atoms with van der Waals surface area (Å²) in [5.74, 6) is -0.472. The van der Waals surface area contributed by atoms with Crippen molar-refractivity contribution in [3.63, 3.8) is 0 Å². The lowest BCUT2D eigenvalue weighted by molar-refractivity contribution is -0.116. The Labute approximate surface area is 146 Å². The molecule has 6 nitrogen and oxygen atoms in total. The number of amides is 2. The fraction of sp³-hybridized carbons (Fsp3) is 0.211. The van der Waals surface area contributed by atoms with Gasteiger partial charge in [-0.15, -0.1) is 0 Å². The molecule has 2 aromatic rings. The van der Waals surface area contributed by atoms with E-state index in [1.165, 1.54) is 19.2 Å². The van der Waals surface area contributed by atoms with Crippen molar-refractivity contribution in [2.75, 3.05) is 12.4 Å².